The number of nitrogens with zero attached hydrogens (tertiary/aromatic N) is 2. The first-order valence-electron chi connectivity index (χ1n) is 7.64. The van der Waals surface area contributed by atoms with Gasteiger partial charge in [0.25, 0.3) is 5.91 Å². The third kappa shape index (κ3) is 4.95. The van der Waals surface area contributed by atoms with Gasteiger partial charge in [0.1, 0.15) is 6.61 Å². The summed E-state index contributed by atoms with van der Waals surface area (Å²) < 4.78 is 36.6. The maximum Gasteiger partial charge on any atom is 0.389 e. The number of benzene rings is 1. The van der Waals surface area contributed by atoms with Crippen LogP contribution in [0.5, 0.6) is 0 Å². The maximum absolute atomic E-state index is 12.4. The Kier molecular flexibility index (Phi) is 5.82. The minimum atomic E-state index is -4.19. The van der Waals surface area contributed by atoms with Gasteiger partial charge in [0.15, 0.2) is 0 Å². The molecule has 0 bridgehead atoms. The lowest BCUT2D eigenvalue weighted by Crippen LogP contribution is -2.51. The van der Waals surface area contributed by atoms with E-state index in [0.29, 0.717) is 37.3 Å². The molecule has 1 aromatic carbocycles. The van der Waals surface area contributed by atoms with E-state index in [1.165, 1.54) is 29.2 Å². The molecule has 1 aliphatic rings. The summed E-state index contributed by atoms with van der Waals surface area (Å²) in [6.07, 6.45) is -5.19. The third-order valence-electron chi connectivity index (χ3n) is 3.95. The summed E-state index contributed by atoms with van der Waals surface area (Å²) in [5.41, 5.74) is 0.940. The van der Waals surface area contributed by atoms with Crippen LogP contribution in [0, 0.1) is 0 Å². The van der Waals surface area contributed by atoms with Crippen molar-refractivity contribution in [3.05, 3.63) is 35.4 Å². The molecule has 1 N–H and O–H groups in total. The molecule has 1 aromatic rings. The van der Waals surface area contributed by atoms with Gasteiger partial charge in [-0.1, -0.05) is 12.1 Å². The van der Waals surface area contributed by atoms with Gasteiger partial charge < -0.3 is 14.9 Å². The number of rotatable bonds is 4. The van der Waals surface area contributed by atoms with E-state index in [0.717, 1.165) is 0 Å². The van der Waals surface area contributed by atoms with Crippen LogP contribution in [0.3, 0.4) is 0 Å². The Morgan fingerprint density at radius 2 is 1.54 bits per heavy atom. The number of amides is 2. The quantitative estimate of drug-likeness (QED) is 0.900. The Balaban J connectivity index is 1.90. The lowest BCUT2D eigenvalue weighted by molar-refractivity contribution is -0.135. The SMILES string of the molecule is O=C(CO)N1CCN(C(=O)c2ccc(CCC(F)(F)F)cc2)CC1. The van der Waals surface area contributed by atoms with E-state index in [-0.39, 0.29) is 18.2 Å². The van der Waals surface area contributed by atoms with Crippen LogP contribution in [-0.2, 0) is 11.2 Å². The molecule has 0 aliphatic carbocycles. The first kappa shape index (κ1) is 18.3. The Morgan fingerprint density at radius 1 is 1.00 bits per heavy atom. The predicted molar refractivity (Wildman–Crippen MR) is 80.4 cm³/mol. The first-order valence-corrected chi connectivity index (χ1v) is 7.64. The first-order chi connectivity index (χ1) is 11.3. The Labute approximate surface area is 137 Å². The molecule has 0 saturated carbocycles. The highest BCUT2D eigenvalue weighted by Gasteiger charge is 2.27. The molecule has 0 atom stereocenters. The van der Waals surface area contributed by atoms with Crippen LogP contribution in [0.1, 0.15) is 22.3 Å². The van der Waals surface area contributed by atoms with Crippen molar-refractivity contribution < 1.29 is 27.9 Å². The second-order valence-electron chi connectivity index (χ2n) is 5.64. The fourth-order valence-corrected chi connectivity index (χ4v) is 2.54. The van der Waals surface area contributed by atoms with Gasteiger partial charge in [0, 0.05) is 38.2 Å². The van der Waals surface area contributed by atoms with Crippen molar-refractivity contribution in [2.45, 2.75) is 19.0 Å². The van der Waals surface area contributed by atoms with E-state index in [4.69, 9.17) is 5.11 Å². The van der Waals surface area contributed by atoms with Gasteiger partial charge in [-0.2, -0.15) is 13.2 Å². The zero-order valence-electron chi connectivity index (χ0n) is 13.1. The maximum atomic E-state index is 12.4. The number of halogens is 3. The third-order valence-corrected chi connectivity index (χ3v) is 3.95. The largest absolute Gasteiger partial charge is 0.389 e. The number of hydrogen-bond acceptors (Lipinski definition) is 3. The number of aliphatic hydroxyl groups is 1. The van der Waals surface area contributed by atoms with Crippen LogP contribution in [0.2, 0.25) is 0 Å². The number of hydrogen-bond donors (Lipinski definition) is 1. The molecule has 0 unspecified atom stereocenters. The van der Waals surface area contributed by atoms with Gasteiger partial charge in [-0.25, -0.2) is 0 Å². The van der Waals surface area contributed by atoms with Crippen molar-refractivity contribution in [3.63, 3.8) is 0 Å². The summed E-state index contributed by atoms with van der Waals surface area (Å²) in [6.45, 7) is 0.887. The summed E-state index contributed by atoms with van der Waals surface area (Å²) in [4.78, 5) is 26.8. The summed E-state index contributed by atoms with van der Waals surface area (Å²) in [6, 6.07) is 6.12. The van der Waals surface area contributed by atoms with E-state index in [1.807, 2.05) is 0 Å². The van der Waals surface area contributed by atoms with Gasteiger partial charge in [-0.05, 0) is 24.1 Å². The average Bonchev–Trinajstić information content (AvgIpc) is 2.58. The van der Waals surface area contributed by atoms with Gasteiger partial charge in [0.05, 0.1) is 0 Å². The molecule has 1 aliphatic heterocycles. The fraction of sp³-hybridized carbons (Fsp3) is 0.500. The molecule has 0 spiro atoms. The van der Waals surface area contributed by atoms with Crippen LogP contribution in [0.4, 0.5) is 13.2 Å². The smallest absolute Gasteiger partial charge is 0.387 e. The second-order valence-corrected chi connectivity index (χ2v) is 5.64. The lowest BCUT2D eigenvalue weighted by atomic mass is 10.1. The highest BCUT2D eigenvalue weighted by Crippen LogP contribution is 2.22. The summed E-state index contributed by atoms with van der Waals surface area (Å²) >= 11 is 0. The van der Waals surface area contributed by atoms with Crippen molar-refractivity contribution in [2.24, 2.45) is 0 Å². The van der Waals surface area contributed by atoms with Crippen molar-refractivity contribution in [2.75, 3.05) is 32.8 Å². The molecule has 132 valence electrons. The van der Waals surface area contributed by atoms with Crippen molar-refractivity contribution >= 4 is 11.8 Å². The number of carbonyl (C=O) groups excluding carboxylic acids is 2. The predicted octanol–water partition coefficient (Wildman–Crippen LogP) is 1.46. The standard InChI is InChI=1S/C16H19F3N2O3/c17-16(18,19)6-5-12-1-3-13(4-2-12)15(24)21-9-7-20(8-10-21)14(23)11-22/h1-4,22H,5-11H2. The normalized spacial score (nSPS) is 15.5. The molecule has 2 amide bonds. The molecular formula is C16H19F3N2O3. The topological polar surface area (TPSA) is 60.9 Å². The average molecular weight is 344 g/mol. The van der Waals surface area contributed by atoms with Crippen LogP contribution in [0.25, 0.3) is 0 Å². The Hall–Kier alpha value is -2.09. The molecule has 8 heteroatoms. The van der Waals surface area contributed by atoms with E-state index in [2.05, 4.69) is 0 Å². The van der Waals surface area contributed by atoms with Gasteiger partial charge in [-0.15, -0.1) is 0 Å². The van der Waals surface area contributed by atoms with Crippen molar-refractivity contribution in [1.82, 2.24) is 9.80 Å². The summed E-state index contributed by atoms with van der Waals surface area (Å²) in [5.74, 6) is -0.579. The van der Waals surface area contributed by atoms with E-state index < -0.39 is 19.2 Å². The number of carbonyl (C=O) groups is 2. The zero-order valence-corrected chi connectivity index (χ0v) is 13.1. The van der Waals surface area contributed by atoms with Gasteiger partial charge in [0.2, 0.25) is 5.91 Å². The van der Waals surface area contributed by atoms with Crippen LogP contribution >= 0.6 is 0 Å². The van der Waals surface area contributed by atoms with Gasteiger partial charge >= 0.3 is 6.18 Å². The van der Waals surface area contributed by atoms with Gasteiger partial charge in [-0.3, -0.25) is 9.59 Å². The van der Waals surface area contributed by atoms with Crippen LogP contribution in [0.15, 0.2) is 24.3 Å². The van der Waals surface area contributed by atoms with Crippen molar-refractivity contribution in [1.29, 1.82) is 0 Å². The fourth-order valence-electron chi connectivity index (χ4n) is 2.54. The van der Waals surface area contributed by atoms with E-state index >= 15 is 0 Å². The zero-order chi connectivity index (χ0) is 17.7. The molecule has 1 saturated heterocycles. The molecule has 5 nitrogen and oxygen atoms in total. The molecule has 0 aromatic heterocycles. The number of aliphatic hydroxyl groups excluding tert-OH is 1. The summed E-state index contributed by atoms with van der Waals surface area (Å²) in [7, 11) is 0. The Morgan fingerprint density at radius 3 is 2.04 bits per heavy atom. The molecule has 0 radical (unpaired) electrons. The number of alkyl halides is 3. The Bertz CT molecular complexity index is 579. The highest BCUT2D eigenvalue weighted by atomic mass is 19.4. The van der Waals surface area contributed by atoms with Crippen LogP contribution < -0.4 is 0 Å². The van der Waals surface area contributed by atoms with Crippen LogP contribution in [-0.4, -0.2) is 65.7 Å². The van der Waals surface area contributed by atoms with E-state index in [9.17, 15) is 22.8 Å². The summed E-state index contributed by atoms with van der Waals surface area (Å²) in [5, 5.41) is 8.82. The second kappa shape index (κ2) is 7.65. The minimum Gasteiger partial charge on any atom is -0.387 e. The highest BCUT2D eigenvalue weighted by molar-refractivity contribution is 5.94. The van der Waals surface area contributed by atoms with E-state index in [1.54, 1.807) is 4.90 Å². The number of piperazine rings is 1. The molecular weight excluding hydrogens is 325 g/mol. The lowest BCUT2D eigenvalue weighted by Gasteiger charge is -2.34. The van der Waals surface area contributed by atoms with Crippen molar-refractivity contribution in [3.8, 4) is 0 Å². The monoisotopic (exact) mass is 344 g/mol. The molecule has 2 rings (SSSR count). The molecule has 1 heterocycles. The number of aryl methyl sites for hydroxylation is 1. The molecule has 1 fully saturated rings. The minimum absolute atomic E-state index is 0.111. The molecule has 24 heavy (non-hydrogen) atoms.